The SMILES string of the molecule is CS(=O)(=O)N1CCC[C@H]1c1cncc(N2CC3(CCCCC3)OC2=O)n1. The highest BCUT2D eigenvalue weighted by Gasteiger charge is 2.47. The fourth-order valence-corrected chi connectivity index (χ4v) is 5.49. The quantitative estimate of drug-likeness (QED) is 0.798. The molecular formula is C17H24N4O4S. The monoisotopic (exact) mass is 380 g/mol. The van der Waals surface area contributed by atoms with Crippen molar-refractivity contribution in [3.05, 3.63) is 18.1 Å². The second kappa shape index (κ2) is 6.45. The molecule has 3 heterocycles. The molecule has 0 N–H and O–H groups in total. The molecule has 3 aliphatic rings. The molecule has 142 valence electrons. The third kappa shape index (κ3) is 3.18. The van der Waals surface area contributed by atoms with Gasteiger partial charge in [0.25, 0.3) is 0 Å². The van der Waals surface area contributed by atoms with Crippen LogP contribution in [0.2, 0.25) is 0 Å². The topological polar surface area (TPSA) is 92.7 Å². The van der Waals surface area contributed by atoms with Crippen LogP contribution in [0.5, 0.6) is 0 Å². The average molecular weight is 380 g/mol. The number of hydrogen-bond donors (Lipinski definition) is 0. The largest absolute Gasteiger partial charge is 0.441 e. The van der Waals surface area contributed by atoms with Gasteiger partial charge in [-0.05, 0) is 38.5 Å². The number of anilines is 1. The van der Waals surface area contributed by atoms with Crippen LogP contribution in [0.1, 0.15) is 56.7 Å². The molecule has 26 heavy (non-hydrogen) atoms. The van der Waals surface area contributed by atoms with Crippen molar-refractivity contribution in [2.75, 3.05) is 24.2 Å². The van der Waals surface area contributed by atoms with Crippen molar-refractivity contribution in [3.8, 4) is 0 Å². The Kier molecular flexibility index (Phi) is 4.38. The highest BCUT2D eigenvalue weighted by atomic mass is 32.2. The van der Waals surface area contributed by atoms with Crippen molar-refractivity contribution >= 4 is 21.9 Å². The first-order chi connectivity index (χ1) is 12.4. The van der Waals surface area contributed by atoms with Gasteiger partial charge in [0.05, 0.1) is 36.9 Å². The number of hydrogen-bond acceptors (Lipinski definition) is 6. The normalized spacial score (nSPS) is 26.4. The third-order valence-corrected chi connectivity index (χ3v) is 6.91. The van der Waals surface area contributed by atoms with Gasteiger partial charge in [-0.3, -0.25) is 9.88 Å². The zero-order valence-electron chi connectivity index (χ0n) is 14.9. The van der Waals surface area contributed by atoms with E-state index in [9.17, 15) is 13.2 Å². The standard InChI is InChI=1S/C17H24N4O4S/c1-26(23,24)21-9-5-6-14(21)13-10-18-11-15(19-13)20-12-17(25-16(20)22)7-3-2-4-8-17/h10-11,14H,2-9,12H2,1H3/t14-/m0/s1. The molecule has 0 aromatic carbocycles. The molecule has 3 fully saturated rings. The van der Waals surface area contributed by atoms with Gasteiger partial charge in [-0.25, -0.2) is 18.2 Å². The Labute approximate surface area is 153 Å². The highest BCUT2D eigenvalue weighted by Crippen LogP contribution is 2.39. The lowest BCUT2D eigenvalue weighted by molar-refractivity contribution is 0.0260. The van der Waals surface area contributed by atoms with E-state index in [1.165, 1.54) is 17.0 Å². The van der Waals surface area contributed by atoms with Crippen molar-refractivity contribution in [2.24, 2.45) is 0 Å². The number of amides is 1. The molecule has 2 aliphatic heterocycles. The van der Waals surface area contributed by atoms with Crippen LogP contribution in [-0.4, -0.2) is 53.7 Å². The Balaban J connectivity index is 1.59. The minimum absolute atomic E-state index is 0.320. The van der Waals surface area contributed by atoms with Crippen LogP contribution in [0.3, 0.4) is 0 Å². The van der Waals surface area contributed by atoms with Crippen LogP contribution >= 0.6 is 0 Å². The number of ether oxygens (including phenoxy) is 1. The Hall–Kier alpha value is -1.74. The number of sulfonamides is 1. The summed E-state index contributed by atoms with van der Waals surface area (Å²) in [6.45, 7) is 0.981. The molecule has 2 saturated heterocycles. The molecule has 1 aromatic heterocycles. The molecule has 1 spiro atoms. The summed E-state index contributed by atoms with van der Waals surface area (Å²) in [7, 11) is -3.30. The predicted octanol–water partition coefficient (Wildman–Crippen LogP) is 2.23. The number of aromatic nitrogens is 2. The predicted molar refractivity (Wildman–Crippen MR) is 95.2 cm³/mol. The molecule has 1 aliphatic carbocycles. The number of carbonyl (C=O) groups excluding carboxylic acids is 1. The molecule has 1 saturated carbocycles. The Bertz CT molecular complexity index is 807. The minimum Gasteiger partial charge on any atom is -0.441 e. The molecular weight excluding hydrogens is 356 g/mol. The van der Waals surface area contributed by atoms with E-state index >= 15 is 0 Å². The van der Waals surface area contributed by atoms with E-state index in [1.54, 1.807) is 17.3 Å². The summed E-state index contributed by atoms with van der Waals surface area (Å²) in [4.78, 5) is 22.8. The molecule has 4 rings (SSSR count). The van der Waals surface area contributed by atoms with Gasteiger partial charge >= 0.3 is 6.09 Å². The van der Waals surface area contributed by atoms with E-state index in [1.807, 2.05) is 0 Å². The van der Waals surface area contributed by atoms with E-state index in [0.29, 0.717) is 31.0 Å². The molecule has 1 atom stereocenters. The maximum atomic E-state index is 12.4. The maximum Gasteiger partial charge on any atom is 0.416 e. The first kappa shape index (κ1) is 17.7. The van der Waals surface area contributed by atoms with E-state index in [-0.39, 0.29) is 12.1 Å². The minimum atomic E-state index is -3.30. The molecule has 0 radical (unpaired) electrons. The van der Waals surface area contributed by atoms with Gasteiger partial charge in [-0.2, -0.15) is 4.31 Å². The Morgan fingerprint density at radius 2 is 1.96 bits per heavy atom. The highest BCUT2D eigenvalue weighted by molar-refractivity contribution is 7.88. The lowest BCUT2D eigenvalue weighted by atomic mass is 9.85. The molecule has 9 heteroatoms. The Morgan fingerprint density at radius 1 is 1.19 bits per heavy atom. The number of rotatable bonds is 3. The van der Waals surface area contributed by atoms with E-state index in [0.717, 1.165) is 32.1 Å². The fraction of sp³-hybridized carbons (Fsp3) is 0.706. The summed E-state index contributed by atoms with van der Waals surface area (Å²) in [5.74, 6) is 0.440. The molecule has 1 aromatic rings. The summed E-state index contributed by atoms with van der Waals surface area (Å²) < 4.78 is 31.2. The Morgan fingerprint density at radius 3 is 2.69 bits per heavy atom. The lowest BCUT2D eigenvalue weighted by Gasteiger charge is -2.30. The van der Waals surface area contributed by atoms with Gasteiger partial charge in [0.1, 0.15) is 5.60 Å². The van der Waals surface area contributed by atoms with Crippen LogP contribution in [0.4, 0.5) is 10.6 Å². The smallest absolute Gasteiger partial charge is 0.416 e. The van der Waals surface area contributed by atoms with Crippen molar-refractivity contribution in [1.29, 1.82) is 0 Å². The average Bonchev–Trinajstić information content (AvgIpc) is 3.21. The summed E-state index contributed by atoms with van der Waals surface area (Å²) in [5, 5.41) is 0. The van der Waals surface area contributed by atoms with Crippen molar-refractivity contribution in [2.45, 2.75) is 56.6 Å². The second-order valence-electron chi connectivity index (χ2n) is 7.53. The molecule has 8 nitrogen and oxygen atoms in total. The summed E-state index contributed by atoms with van der Waals surface area (Å²) >= 11 is 0. The first-order valence-electron chi connectivity index (χ1n) is 9.17. The van der Waals surface area contributed by atoms with E-state index in [2.05, 4.69) is 9.97 Å². The summed E-state index contributed by atoms with van der Waals surface area (Å²) in [6, 6.07) is -0.320. The summed E-state index contributed by atoms with van der Waals surface area (Å²) in [6.07, 6.45) is 10.5. The zero-order valence-corrected chi connectivity index (χ0v) is 15.7. The number of carbonyl (C=O) groups is 1. The van der Waals surface area contributed by atoms with Crippen molar-refractivity contribution in [1.82, 2.24) is 14.3 Å². The van der Waals surface area contributed by atoms with E-state index in [4.69, 9.17) is 4.74 Å². The van der Waals surface area contributed by atoms with Crippen LogP contribution in [-0.2, 0) is 14.8 Å². The lowest BCUT2D eigenvalue weighted by Crippen LogP contribution is -2.37. The molecule has 1 amide bonds. The maximum absolute atomic E-state index is 12.4. The third-order valence-electron chi connectivity index (χ3n) is 5.62. The second-order valence-corrected chi connectivity index (χ2v) is 9.47. The molecule has 0 bridgehead atoms. The number of nitrogens with zero attached hydrogens (tertiary/aromatic N) is 4. The van der Waals surface area contributed by atoms with E-state index < -0.39 is 15.6 Å². The van der Waals surface area contributed by atoms with Crippen molar-refractivity contribution in [3.63, 3.8) is 0 Å². The van der Waals surface area contributed by atoms with Gasteiger partial charge in [-0.15, -0.1) is 0 Å². The van der Waals surface area contributed by atoms with Crippen molar-refractivity contribution < 1.29 is 17.9 Å². The van der Waals surface area contributed by atoms with Gasteiger partial charge in [0.15, 0.2) is 5.82 Å². The van der Waals surface area contributed by atoms with Gasteiger partial charge in [-0.1, -0.05) is 6.42 Å². The molecule has 0 unspecified atom stereocenters. The van der Waals surface area contributed by atoms with Gasteiger partial charge in [0, 0.05) is 6.54 Å². The van der Waals surface area contributed by atoms with Crippen LogP contribution < -0.4 is 4.90 Å². The summed E-state index contributed by atoms with van der Waals surface area (Å²) in [5.41, 5.74) is 0.182. The van der Waals surface area contributed by atoms with Gasteiger partial charge < -0.3 is 4.74 Å². The first-order valence-corrected chi connectivity index (χ1v) is 11.0. The van der Waals surface area contributed by atoms with Crippen LogP contribution in [0.25, 0.3) is 0 Å². The zero-order chi connectivity index (χ0) is 18.4. The van der Waals surface area contributed by atoms with Gasteiger partial charge in [0.2, 0.25) is 10.0 Å². The van der Waals surface area contributed by atoms with Crippen LogP contribution in [0.15, 0.2) is 12.4 Å². The van der Waals surface area contributed by atoms with Crippen LogP contribution in [0, 0.1) is 0 Å². The fourth-order valence-electron chi connectivity index (χ4n) is 4.35.